The summed E-state index contributed by atoms with van der Waals surface area (Å²) in [5.74, 6) is 0.469. The molecule has 4 heteroatoms. The zero-order chi connectivity index (χ0) is 13.1. The zero-order valence-electron chi connectivity index (χ0n) is 10.5. The van der Waals surface area contributed by atoms with E-state index in [9.17, 15) is 4.79 Å². The first-order valence-corrected chi connectivity index (χ1v) is 7.02. The van der Waals surface area contributed by atoms with Crippen LogP contribution in [0.1, 0.15) is 31.2 Å². The second-order valence-corrected chi connectivity index (χ2v) is 5.74. The van der Waals surface area contributed by atoms with E-state index in [2.05, 4.69) is 0 Å². The van der Waals surface area contributed by atoms with Crippen LogP contribution in [0.15, 0.2) is 18.2 Å². The molecule has 1 saturated carbocycles. The Kier molecular flexibility index (Phi) is 4.52. The highest BCUT2D eigenvalue weighted by atomic mass is 35.5. The predicted octanol–water partition coefficient (Wildman–Crippen LogP) is 4.14. The molecule has 0 radical (unpaired) electrons. The lowest BCUT2D eigenvalue weighted by atomic mass is 10.1. The van der Waals surface area contributed by atoms with Crippen molar-refractivity contribution in [2.24, 2.45) is 5.92 Å². The molecule has 18 heavy (non-hydrogen) atoms. The van der Waals surface area contributed by atoms with Crippen molar-refractivity contribution >= 4 is 29.1 Å². The topological polar surface area (TPSA) is 20.3 Å². The molecule has 0 unspecified atom stereocenters. The SMILES string of the molecule is CN(Cc1ccc(Cl)c(Cl)c1)C(=O)C1CCCC1. The summed E-state index contributed by atoms with van der Waals surface area (Å²) in [5, 5.41) is 1.08. The molecule has 0 heterocycles. The Labute approximate surface area is 118 Å². The largest absolute Gasteiger partial charge is 0.341 e. The van der Waals surface area contributed by atoms with Gasteiger partial charge in [0, 0.05) is 19.5 Å². The lowest BCUT2D eigenvalue weighted by Gasteiger charge is -2.21. The molecule has 0 N–H and O–H groups in total. The lowest BCUT2D eigenvalue weighted by molar-refractivity contribution is -0.134. The van der Waals surface area contributed by atoms with Crippen LogP contribution in [-0.2, 0) is 11.3 Å². The van der Waals surface area contributed by atoms with Gasteiger partial charge in [-0.2, -0.15) is 0 Å². The number of benzene rings is 1. The normalized spacial score (nSPS) is 15.9. The number of nitrogens with zero attached hydrogens (tertiary/aromatic N) is 1. The standard InChI is InChI=1S/C14H17Cl2NO/c1-17(14(18)11-4-2-3-5-11)9-10-6-7-12(15)13(16)8-10/h6-8,11H,2-5,9H2,1H3. The number of hydrogen-bond donors (Lipinski definition) is 0. The Morgan fingerprint density at radius 3 is 2.56 bits per heavy atom. The third kappa shape index (κ3) is 3.18. The molecule has 1 fully saturated rings. The van der Waals surface area contributed by atoms with E-state index in [1.807, 2.05) is 19.2 Å². The fourth-order valence-corrected chi connectivity index (χ4v) is 2.79. The van der Waals surface area contributed by atoms with Gasteiger partial charge in [0.15, 0.2) is 0 Å². The van der Waals surface area contributed by atoms with Gasteiger partial charge in [0.05, 0.1) is 10.0 Å². The van der Waals surface area contributed by atoms with Crippen LogP contribution in [0.25, 0.3) is 0 Å². The molecule has 2 nitrogen and oxygen atoms in total. The third-order valence-corrected chi connectivity index (χ3v) is 4.22. The van der Waals surface area contributed by atoms with Crippen molar-refractivity contribution in [2.75, 3.05) is 7.05 Å². The summed E-state index contributed by atoms with van der Waals surface area (Å²) in [6.45, 7) is 0.590. The number of halogens is 2. The second kappa shape index (κ2) is 5.94. The molecule has 1 amide bonds. The molecule has 98 valence electrons. The van der Waals surface area contributed by atoms with Crippen LogP contribution in [0, 0.1) is 5.92 Å². The Balaban J connectivity index is 1.99. The van der Waals surface area contributed by atoms with Gasteiger partial charge in [-0.15, -0.1) is 0 Å². The second-order valence-electron chi connectivity index (χ2n) is 4.92. The van der Waals surface area contributed by atoms with Gasteiger partial charge in [-0.25, -0.2) is 0 Å². The summed E-state index contributed by atoms with van der Waals surface area (Å²) in [6.07, 6.45) is 4.42. The number of amides is 1. The smallest absolute Gasteiger partial charge is 0.225 e. The van der Waals surface area contributed by atoms with Crippen LogP contribution in [-0.4, -0.2) is 17.9 Å². The van der Waals surface area contributed by atoms with Gasteiger partial charge in [0.2, 0.25) is 5.91 Å². The minimum absolute atomic E-state index is 0.220. The van der Waals surface area contributed by atoms with Gasteiger partial charge in [0.1, 0.15) is 0 Å². The van der Waals surface area contributed by atoms with Gasteiger partial charge in [-0.05, 0) is 30.5 Å². The van der Waals surface area contributed by atoms with Gasteiger partial charge < -0.3 is 4.90 Å². The summed E-state index contributed by atoms with van der Waals surface area (Å²) >= 11 is 11.8. The quantitative estimate of drug-likeness (QED) is 0.817. The van der Waals surface area contributed by atoms with E-state index in [0.29, 0.717) is 16.6 Å². The van der Waals surface area contributed by atoms with E-state index in [4.69, 9.17) is 23.2 Å². The Morgan fingerprint density at radius 2 is 1.94 bits per heavy atom. The minimum Gasteiger partial charge on any atom is -0.341 e. The monoisotopic (exact) mass is 285 g/mol. The lowest BCUT2D eigenvalue weighted by Crippen LogP contribution is -2.31. The summed E-state index contributed by atoms with van der Waals surface area (Å²) in [5.41, 5.74) is 1.01. The van der Waals surface area contributed by atoms with E-state index >= 15 is 0 Å². The van der Waals surface area contributed by atoms with Crippen LogP contribution >= 0.6 is 23.2 Å². The molecular formula is C14H17Cl2NO. The number of hydrogen-bond acceptors (Lipinski definition) is 1. The first-order valence-electron chi connectivity index (χ1n) is 6.27. The van der Waals surface area contributed by atoms with E-state index in [1.54, 1.807) is 11.0 Å². The zero-order valence-corrected chi connectivity index (χ0v) is 12.0. The molecule has 1 aliphatic carbocycles. The number of rotatable bonds is 3. The van der Waals surface area contributed by atoms with Crippen LogP contribution in [0.5, 0.6) is 0 Å². The Hall–Kier alpha value is -0.730. The van der Waals surface area contributed by atoms with Crippen LogP contribution < -0.4 is 0 Å². The molecule has 2 rings (SSSR count). The van der Waals surface area contributed by atoms with E-state index < -0.39 is 0 Å². The van der Waals surface area contributed by atoms with Crippen molar-refractivity contribution in [1.29, 1.82) is 0 Å². The summed E-state index contributed by atoms with van der Waals surface area (Å²) in [6, 6.07) is 5.50. The van der Waals surface area contributed by atoms with Crippen molar-refractivity contribution in [1.82, 2.24) is 4.90 Å². The fraction of sp³-hybridized carbons (Fsp3) is 0.500. The van der Waals surface area contributed by atoms with Crippen molar-refractivity contribution in [3.63, 3.8) is 0 Å². The maximum atomic E-state index is 12.2. The fourth-order valence-electron chi connectivity index (χ4n) is 2.47. The highest BCUT2D eigenvalue weighted by Gasteiger charge is 2.25. The van der Waals surface area contributed by atoms with Crippen molar-refractivity contribution < 1.29 is 4.79 Å². The first-order chi connectivity index (χ1) is 8.58. The van der Waals surface area contributed by atoms with Crippen molar-refractivity contribution in [3.05, 3.63) is 33.8 Å². The third-order valence-electron chi connectivity index (χ3n) is 3.48. The summed E-state index contributed by atoms with van der Waals surface area (Å²) < 4.78 is 0. The summed E-state index contributed by atoms with van der Waals surface area (Å²) in [4.78, 5) is 14.0. The molecule has 0 spiro atoms. The average molecular weight is 286 g/mol. The van der Waals surface area contributed by atoms with Gasteiger partial charge in [-0.3, -0.25) is 4.79 Å². The molecular weight excluding hydrogens is 269 g/mol. The first kappa shape index (κ1) is 13.7. The highest BCUT2D eigenvalue weighted by molar-refractivity contribution is 6.42. The number of carbonyl (C=O) groups excluding carboxylic acids is 1. The molecule has 0 aromatic heterocycles. The van der Waals surface area contributed by atoms with Crippen LogP contribution in [0.3, 0.4) is 0 Å². The van der Waals surface area contributed by atoms with Crippen molar-refractivity contribution in [3.8, 4) is 0 Å². The van der Waals surface area contributed by atoms with E-state index in [-0.39, 0.29) is 11.8 Å². The maximum absolute atomic E-state index is 12.2. The van der Waals surface area contributed by atoms with Gasteiger partial charge in [-0.1, -0.05) is 42.1 Å². The maximum Gasteiger partial charge on any atom is 0.225 e. The summed E-state index contributed by atoms with van der Waals surface area (Å²) in [7, 11) is 1.85. The number of carbonyl (C=O) groups is 1. The molecule has 0 bridgehead atoms. The molecule has 0 aliphatic heterocycles. The van der Waals surface area contributed by atoms with Crippen LogP contribution in [0.4, 0.5) is 0 Å². The van der Waals surface area contributed by atoms with E-state index in [0.717, 1.165) is 18.4 Å². The minimum atomic E-state index is 0.220. The Bertz CT molecular complexity index is 441. The van der Waals surface area contributed by atoms with Gasteiger partial charge in [0.25, 0.3) is 0 Å². The average Bonchev–Trinajstić information content (AvgIpc) is 2.86. The Morgan fingerprint density at radius 1 is 1.28 bits per heavy atom. The van der Waals surface area contributed by atoms with Gasteiger partial charge >= 0.3 is 0 Å². The van der Waals surface area contributed by atoms with Crippen LogP contribution in [0.2, 0.25) is 10.0 Å². The molecule has 1 aliphatic rings. The predicted molar refractivity (Wildman–Crippen MR) is 74.9 cm³/mol. The van der Waals surface area contributed by atoms with E-state index in [1.165, 1.54) is 12.8 Å². The van der Waals surface area contributed by atoms with Crippen molar-refractivity contribution in [2.45, 2.75) is 32.2 Å². The molecule has 0 atom stereocenters. The molecule has 1 aromatic rings. The molecule has 1 aromatic carbocycles. The highest BCUT2D eigenvalue weighted by Crippen LogP contribution is 2.27. The molecule has 0 saturated heterocycles.